The summed E-state index contributed by atoms with van der Waals surface area (Å²) in [6.07, 6.45) is 0.493. The number of carbonyl (C=O) groups is 1. The van der Waals surface area contributed by atoms with E-state index in [1.165, 1.54) is 6.07 Å². The Labute approximate surface area is 83.5 Å². The third-order valence-corrected chi connectivity index (χ3v) is 2.07. The van der Waals surface area contributed by atoms with Crippen molar-refractivity contribution < 1.29 is 14.3 Å². The monoisotopic (exact) mass is 246 g/mol. The zero-order valence-electron chi connectivity index (χ0n) is 6.76. The predicted molar refractivity (Wildman–Crippen MR) is 50.9 cm³/mol. The lowest BCUT2D eigenvalue weighted by Gasteiger charge is -2.02. The van der Waals surface area contributed by atoms with Crippen molar-refractivity contribution in [2.75, 3.05) is 5.33 Å². The van der Waals surface area contributed by atoms with Crippen molar-refractivity contribution in [3.63, 3.8) is 0 Å². The number of hydrogen-bond donors (Lipinski definition) is 1. The molecule has 0 atom stereocenters. The van der Waals surface area contributed by atoms with E-state index >= 15 is 0 Å². The molecular weight excluding hydrogens is 239 g/mol. The Balaban J connectivity index is 3.10. The van der Waals surface area contributed by atoms with E-state index in [1.807, 2.05) is 0 Å². The molecule has 0 bridgehead atoms. The Morgan fingerprint density at radius 3 is 2.77 bits per heavy atom. The van der Waals surface area contributed by atoms with E-state index in [-0.39, 0.29) is 5.56 Å². The minimum Gasteiger partial charge on any atom is -0.478 e. The van der Waals surface area contributed by atoms with Crippen molar-refractivity contribution in [3.8, 4) is 0 Å². The molecule has 2 nitrogen and oxygen atoms in total. The van der Waals surface area contributed by atoms with Crippen LogP contribution in [0.25, 0.3) is 0 Å². The molecule has 0 aliphatic heterocycles. The van der Waals surface area contributed by atoms with Gasteiger partial charge in [-0.15, -0.1) is 0 Å². The van der Waals surface area contributed by atoms with Gasteiger partial charge in [0.15, 0.2) is 0 Å². The summed E-state index contributed by atoms with van der Waals surface area (Å²) < 4.78 is 13.3. The molecule has 0 aromatic heterocycles. The quantitative estimate of drug-likeness (QED) is 0.833. The second-order valence-electron chi connectivity index (χ2n) is 2.52. The summed E-state index contributed by atoms with van der Waals surface area (Å²) in [4.78, 5) is 10.5. The Bertz CT molecular complexity index is 325. The number of hydrogen-bond acceptors (Lipinski definition) is 1. The van der Waals surface area contributed by atoms with Crippen molar-refractivity contribution in [3.05, 3.63) is 35.1 Å². The molecule has 0 amide bonds. The Hall–Kier alpha value is -0.900. The molecule has 0 aliphatic rings. The van der Waals surface area contributed by atoms with Crippen molar-refractivity contribution in [1.82, 2.24) is 0 Å². The first-order chi connectivity index (χ1) is 6.16. The van der Waals surface area contributed by atoms with Crippen LogP contribution >= 0.6 is 15.9 Å². The van der Waals surface area contributed by atoms with Crippen LogP contribution in [0, 0.1) is 5.82 Å². The lowest BCUT2D eigenvalue weighted by molar-refractivity contribution is 0.0691. The van der Waals surface area contributed by atoms with Crippen molar-refractivity contribution in [2.24, 2.45) is 0 Å². The molecule has 1 rings (SSSR count). The van der Waals surface area contributed by atoms with E-state index in [0.717, 1.165) is 0 Å². The van der Waals surface area contributed by atoms with Gasteiger partial charge in [-0.1, -0.05) is 28.1 Å². The topological polar surface area (TPSA) is 37.3 Å². The zero-order chi connectivity index (χ0) is 9.84. The lowest BCUT2D eigenvalue weighted by atomic mass is 10.1. The van der Waals surface area contributed by atoms with Gasteiger partial charge in [0.2, 0.25) is 0 Å². The van der Waals surface area contributed by atoms with Crippen LogP contribution in [-0.4, -0.2) is 16.4 Å². The first-order valence-electron chi connectivity index (χ1n) is 3.73. The van der Waals surface area contributed by atoms with Crippen molar-refractivity contribution in [2.45, 2.75) is 6.42 Å². The van der Waals surface area contributed by atoms with Crippen LogP contribution in [0.15, 0.2) is 18.2 Å². The molecule has 13 heavy (non-hydrogen) atoms. The maximum Gasteiger partial charge on any atom is 0.338 e. The number of halogens is 2. The third kappa shape index (κ3) is 2.28. The molecule has 1 aromatic rings. The number of aryl methyl sites for hydroxylation is 1. The SMILES string of the molecule is O=C(O)c1cccc(CCBr)c1F. The summed E-state index contributed by atoms with van der Waals surface area (Å²) in [5.41, 5.74) is 0.162. The van der Waals surface area contributed by atoms with Crippen LogP contribution in [0.5, 0.6) is 0 Å². The average molecular weight is 247 g/mol. The molecule has 0 spiro atoms. The van der Waals surface area contributed by atoms with Crippen LogP contribution in [0.1, 0.15) is 15.9 Å². The molecule has 0 aliphatic carbocycles. The van der Waals surface area contributed by atoms with Crippen LogP contribution in [0.4, 0.5) is 4.39 Å². The van der Waals surface area contributed by atoms with E-state index in [9.17, 15) is 9.18 Å². The minimum atomic E-state index is -1.23. The summed E-state index contributed by atoms with van der Waals surface area (Å²) in [5.74, 6) is -1.86. The molecule has 0 radical (unpaired) electrons. The third-order valence-electron chi connectivity index (χ3n) is 1.67. The normalized spacial score (nSPS) is 10.0. The van der Waals surface area contributed by atoms with Crippen LogP contribution in [0.3, 0.4) is 0 Å². The number of alkyl halides is 1. The number of benzene rings is 1. The molecule has 0 saturated heterocycles. The van der Waals surface area contributed by atoms with Gasteiger partial charge >= 0.3 is 5.97 Å². The molecule has 0 fully saturated rings. The summed E-state index contributed by atoms with van der Waals surface area (Å²) in [7, 11) is 0. The van der Waals surface area contributed by atoms with Gasteiger partial charge in [-0.3, -0.25) is 0 Å². The van der Waals surface area contributed by atoms with Crippen LogP contribution in [0.2, 0.25) is 0 Å². The largest absolute Gasteiger partial charge is 0.478 e. The van der Waals surface area contributed by atoms with E-state index < -0.39 is 11.8 Å². The number of carboxylic acid groups (broad SMARTS) is 1. The second-order valence-corrected chi connectivity index (χ2v) is 3.32. The Kier molecular flexibility index (Phi) is 3.42. The highest BCUT2D eigenvalue weighted by atomic mass is 79.9. The standard InChI is InChI=1S/C9H8BrFO2/c10-5-4-6-2-1-3-7(8(6)11)9(12)13/h1-3H,4-5H2,(H,12,13). The van der Waals surface area contributed by atoms with Crippen LogP contribution in [-0.2, 0) is 6.42 Å². The first kappa shape index (κ1) is 10.2. The Morgan fingerprint density at radius 1 is 1.54 bits per heavy atom. The highest BCUT2D eigenvalue weighted by molar-refractivity contribution is 9.09. The van der Waals surface area contributed by atoms with Gasteiger partial charge in [0.1, 0.15) is 5.82 Å². The molecule has 0 heterocycles. The van der Waals surface area contributed by atoms with Gasteiger partial charge in [-0.05, 0) is 18.1 Å². The molecule has 70 valence electrons. The van der Waals surface area contributed by atoms with Gasteiger partial charge in [-0.2, -0.15) is 0 Å². The van der Waals surface area contributed by atoms with E-state index in [0.29, 0.717) is 17.3 Å². The average Bonchev–Trinajstić information content (AvgIpc) is 2.08. The smallest absolute Gasteiger partial charge is 0.338 e. The lowest BCUT2D eigenvalue weighted by Crippen LogP contribution is -2.03. The summed E-state index contributed by atoms with van der Waals surface area (Å²) in [6.45, 7) is 0. The molecule has 0 unspecified atom stereocenters. The van der Waals surface area contributed by atoms with E-state index in [4.69, 9.17) is 5.11 Å². The highest BCUT2D eigenvalue weighted by Crippen LogP contribution is 2.14. The molecule has 0 saturated carbocycles. The van der Waals surface area contributed by atoms with Gasteiger partial charge in [-0.25, -0.2) is 9.18 Å². The minimum absolute atomic E-state index is 0.265. The Morgan fingerprint density at radius 2 is 2.23 bits per heavy atom. The maximum absolute atomic E-state index is 13.3. The van der Waals surface area contributed by atoms with Gasteiger partial charge in [0.05, 0.1) is 5.56 Å². The fourth-order valence-electron chi connectivity index (χ4n) is 1.04. The van der Waals surface area contributed by atoms with Gasteiger partial charge in [0.25, 0.3) is 0 Å². The highest BCUT2D eigenvalue weighted by Gasteiger charge is 2.12. The van der Waals surface area contributed by atoms with Crippen molar-refractivity contribution in [1.29, 1.82) is 0 Å². The number of rotatable bonds is 3. The predicted octanol–water partition coefficient (Wildman–Crippen LogP) is 2.46. The number of aromatic carboxylic acids is 1. The van der Waals surface area contributed by atoms with E-state index in [1.54, 1.807) is 12.1 Å². The van der Waals surface area contributed by atoms with Gasteiger partial charge in [0, 0.05) is 5.33 Å². The fourth-order valence-corrected chi connectivity index (χ4v) is 1.47. The molecule has 1 aromatic carbocycles. The summed E-state index contributed by atoms with van der Waals surface area (Å²) >= 11 is 3.17. The summed E-state index contributed by atoms with van der Waals surface area (Å²) in [6, 6.07) is 4.39. The molecular formula is C9H8BrFO2. The van der Waals surface area contributed by atoms with Crippen LogP contribution < -0.4 is 0 Å². The molecule has 1 N–H and O–H groups in total. The molecule has 4 heteroatoms. The maximum atomic E-state index is 13.3. The second kappa shape index (κ2) is 4.37. The number of carboxylic acids is 1. The van der Waals surface area contributed by atoms with Crippen molar-refractivity contribution >= 4 is 21.9 Å². The first-order valence-corrected chi connectivity index (χ1v) is 4.85. The zero-order valence-corrected chi connectivity index (χ0v) is 8.34. The van der Waals surface area contributed by atoms with Gasteiger partial charge < -0.3 is 5.11 Å². The summed E-state index contributed by atoms with van der Waals surface area (Å²) in [5, 5.41) is 9.22. The van der Waals surface area contributed by atoms with E-state index in [2.05, 4.69) is 15.9 Å². The fraction of sp³-hybridized carbons (Fsp3) is 0.222.